The third-order valence-electron chi connectivity index (χ3n) is 2.86. The van der Waals surface area contributed by atoms with Crippen molar-refractivity contribution in [3.8, 4) is 5.75 Å². The number of nitrogens with zero attached hydrogens (tertiary/aromatic N) is 1. The SMILES string of the molecule is CNc1cc(C)c(C)c(OC(=O)N(C)C)c1C.O=S(=O)(O)O. The van der Waals surface area contributed by atoms with Gasteiger partial charge in [0, 0.05) is 32.4 Å². The molecule has 0 spiro atoms. The van der Waals surface area contributed by atoms with E-state index in [2.05, 4.69) is 11.4 Å². The molecule has 1 aromatic rings. The molecular formula is C13H22N2O6S. The Labute approximate surface area is 130 Å². The van der Waals surface area contributed by atoms with Crippen molar-refractivity contribution < 1.29 is 27.1 Å². The van der Waals surface area contributed by atoms with Crippen LogP contribution in [0.15, 0.2) is 6.07 Å². The van der Waals surface area contributed by atoms with E-state index in [0.29, 0.717) is 5.75 Å². The van der Waals surface area contributed by atoms with E-state index in [-0.39, 0.29) is 6.09 Å². The number of aryl methyl sites for hydroxylation is 1. The molecule has 3 N–H and O–H groups in total. The Kier molecular flexibility index (Phi) is 7.30. The second kappa shape index (κ2) is 7.97. The summed E-state index contributed by atoms with van der Waals surface area (Å²) in [5, 5.41) is 3.10. The molecule has 0 saturated carbocycles. The summed E-state index contributed by atoms with van der Waals surface area (Å²) in [6.07, 6.45) is -0.358. The van der Waals surface area contributed by atoms with Crippen LogP contribution < -0.4 is 10.1 Å². The molecule has 0 bridgehead atoms. The van der Waals surface area contributed by atoms with Crippen LogP contribution in [0, 0.1) is 20.8 Å². The van der Waals surface area contributed by atoms with Crippen molar-refractivity contribution >= 4 is 22.2 Å². The Morgan fingerprint density at radius 1 is 1.18 bits per heavy atom. The molecule has 0 radical (unpaired) electrons. The smallest absolute Gasteiger partial charge is 0.410 e. The van der Waals surface area contributed by atoms with Gasteiger partial charge in [-0.1, -0.05) is 0 Å². The molecule has 8 nitrogen and oxygen atoms in total. The van der Waals surface area contributed by atoms with E-state index in [1.54, 1.807) is 14.1 Å². The largest absolute Gasteiger partial charge is 0.414 e. The number of anilines is 1. The van der Waals surface area contributed by atoms with Gasteiger partial charge in [0.25, 0.3) is 0 Å². The molecule has 0 aliphatic heterocycles. The minimum Gasteiger partial charge on any atom is -0.410 e. The van der Waals surface area contributed by atoms with Crippen molar-refractivity contribution in [2.45, 2.75) is 20.8 Å². The number of rotatable bonds is 2. The maximum atomic E-state index is 11.6. The number of carbonyl (C=O) groups excluding carboxylic acids is 1. The second-order valence-electron chi connectivity index (χ2n) is 4.78. The molecule has 1 amide bonds. The van der Waals surface area contributed by atoms with E-state index in [0.717, 1.165) is 22.4 Å². The van der Waals surface area contributed by atoms with Gasteiger partial charge in [0.2, 0.25) is 0 Å². The van der Waals surface area contributed by atoms with Gasteiger partial charge < -0.3 is 15.0 Å². The van der Waals surface area contributed by atoms with Gasteiger partial charge in [0.15, 0.2) is 0 Å². The summed E-state index contributed by atoms with van der Waals surface area (Å²) in [4.78, 5) is 13.0. The average molecular weight is 334 g/mol. The molecule has 0 aliphatic rings. The summed E-state index contributed by atoms with van der Waals surface area (Å²) in [6, 6.07) is 2.05. The van der Waals surface area contributed by atoms with Crippen LogP contribution >= 0.6 is 0 Å². The highest BCUT2D eigenvalue weighted by atomic mass is 32.3. The van der Waals surface area contributed by atoms with E-state index >= 15 is 0 Å². The van der Waals surface area contributed by atoms with Crippen molar-refractivity contribution in [3.63, 3.8) is 0 Å². The highest BCUT2D eigenvalue weighted by molar-refractivity contribution is 7.79. The number of amides is 1. The molecule has 0 fully saturated rings. The maximum absolute atomic E-state index is 11.6. The quantitative estimate of drug-likeness (QED) is 0.709. The van der Waals surface area contributed by atoms with Crippen LogP contribution in [0.1, 0.15) is 16.7 Å². The predicted octanol–water partition coefficient (Wildman–Crippen LogP) is 2.06. The molecule has 22 heavy (non-hydrogen) atoms. The summed E-state index contributed by atoms with van der Waals surface area (Å²) in [5.41, 5.74) is 4.03. The summed E-state index contributed by atoms with van der Waals surface area (Å²) in [7, 11) is 0.526. The number of hydrogen-bond donors (Lipinski definition) is 3. The van der Waals surface area contributed by atoms with Gasteiger partial charge in [-0.3, -0.25) is 9.11 Å². The molecule has 0 saturated heterocycles. The molecule has 0 unspecified atom stereocenters. The first-order valence-corrected chi connectivity index (χ1v) is 7.65. The molecule has 0 atom stereocenters. The van der Waals surface area contributed by atoms with E-state index in [1.165, 1.54) is 4.90 Å². The average Bonchev–Trinajstić information content (AvgIpc) is 2.36. The summed E-state index contributed by atoms with van der Waals surface area (Å²) >= 11 is 0. The lowest BCUT2D eigenvalue weighted by Crippen LogP contribution is -2.26. The Bertz CT molecular complexity index is 632. The van der Waals surface area contributed by atoms with Gasteiger partial charge in [0.1, 0.15) is 5.75 Å². The Morgan fingerprint density at radius 2 is 1.64 bits per heavy atom. The zero-order chi connectivity index (χ0) is 17.7. The lowest BCUT2D eigenvalue weighted by Gasteiger charge is -2.18. The molecule has 126 valence electrons. The van der Waals surface area contributed by atoms with Crippen LogP contribution in [0.3, 0.4) is 0 Å². The fourth-order valence-electron chi connectivity index (χ4n) is 1.61. The van der Waals surface area contributed by atoms with E-state index in [4.69, 9.17) is 22.3 Å². The molecule has 0 aromatic heterocycles. The monoisotopic (exact) mass is 334 g/mol. The van der Waals surface area contributed by atoms with Gasteiger partial charge in [0.05, 0.1) is 0 Å². The first-order valence-electron chi connectivity index (χ1n) is 6.26. The third-order valence-corrected chi connectivity index (χ3v) is 2.86. The molecule has 0 heterocycles. The summed E-state index contributed by atoms with van der Waals surface area (Å²) in [6.45, 7) is 5.90. The van der Waals surface area contributed by atoms with Crippen LogP contribution in [0.25, 0.3) is 0 Å². The minimum atomic E-state index is -4.67. The van der Waals surface area contributed by atoms with Gasteiger partial charge in [-0.2, -0.15) is 8.42 Å². The zero-order valence-electron chi connectivity index (χ0n) is 13.5. The van der Waals surface area contributed by atoms with Crippen LogP contribution in [0.4, 0.5) is 10.5 Å². The summed E-state index contributed by atoms with van der Waals surface area (Å²) < 4.78 is 37.0. The highest BCUT2D eigenvalue weighted by Crippen LogP contribution is 2.32. The fraction of sp³-hybridized carbons (Fsp3) is 0.462. The van der Waals surface area contributed by atoms with Crippen LogP contribution in [-0.2, 0) is 10.4 Å². The maximum Gasteiger partial charge on any atom is 0.414 e. The zero-order valence-corrected chi connectivity index (χ0v) is 14.3. The fourth-order valence-corrected chi connectivity index (χ4v) is 1.61. The molecular weight excluding hydrogens is 312 g/mol. The van der Waals surface area contributed by atoms with Crippen molar-refractivity contribution in [1.82, 2.24) is 4.90 Å². The lowest BCUT2D eigenvalue weighted by molar-refractivity contribution is 0.171. The lowest BCUT2D eigenvalue weighted by atomic mass is 10.0. The third kappa shape index (κ3) is 6.74. The molecule has 1 rings (SSSR count). The van der Waals surface area contributed by atoms with Crippen molar-refractivity contribution in [1.29, 1.82) is 0 Å². The first-order chi connectivity index (χ1) is 9.88. The Balaban J connectivity index is 0.000000763. The molecule has 0 aliphatic carbocycles. The van der Waals surface area contributed by atoms with Gasteiger partial charge in [-0.15, -0.1) is 0 Å². The van der Waals surface area contributed by atoms with Crippen molar-refractivity contribution in [2.24, 2.45) is 0 Å². The second-order valence-corrected chi connectivity index (χ2v) is 5.68. The van der Waals surface area contributed by atoms with E-state index in [1.807, 2.05) is 27.8 Å². The highest BCUT2D eigenvalue weighted by Gasteiger charge is 2.15. The first kappa shape index (κ1) is 20.2. The number of nitrogens with one attached hydrogen (secondary N) is 1. The summed E-state index contributed by atoms with van der Waals surface area (Å²) in [5.74, 6) is 0.646. The number of hydrogen-bond acceptors (Lipinski definition) is 5. The number of carbonyl (C=O) groups is 1. The number of ether oxygens (including phenoxy) is 1. The van der Waals surface area contributed by atoms with E-state index < -0.39 is 10.4 Å². The Morgan fingerprint density at radius 3 is 2.00 bits per heavy atom. The van der Waals surface area contributed by atoms with Gasteiger partial charge >= 0.3 is 16.5 Å². The minimum absolute atomic E-state index is 0.358. The van der Waals surface area contributed by atoms with Gasteiger partial charge in [-0.25, -0.2) is 4.79 Å². The standard InChI is InChI=1S/C13H20N2O2.H2O4S/c1-8-7-11(14-4)10(3)12(9(8)2)17-13(16)15(5)6;1-5(2,3)4/h7,14H,1-6H3;(H2,1,2,3,4). The van der Waals surface area contributed by atoms with Crippen LogP contribution in [0.5, 0.6) is 5.75 Å². The van der Waals surface area contributed by atoms with E-state index in [9.17, 15) is 4.79 Å². The normalized spacial score (nSPS) is 10.4. The molecule has 9 heteroatoms. The number of benzene rings is 1. The predicted molar refractivity (Wildman–Crippen MR) is 84.1 cm³/mol. The molecule has 1 aromatic carbocycles. The van der Waals surface area contributed by atoms with Crippen LogP contribution in [0.2, 0.25) is 0 Å². The van der Waals surface area contributed by atoms with Crippen LogP contribution in [-0.4, -0.2) is 49.7 Å². The Hall–Kier alpha value is -1.84. The van der Waals surface area contributed by atoms with Crippen molar-refractivity contribution in [3.05, 3.63) is 22.8 Å². The van der Waals surface area contributed by atoms with Crippen molar-refractivity contribution in [2.75, 3.05) is 26.5 Å². The topological polar surface area (TPSA) is 116 Å². The van der Waals surface area contributed by atoms with Gasteiger partial charge in [-0.05, 0) is 38.0 Å².